The van der Waals surface area contributed by atoms with Gasteiger partial charge in [-0.25, -0.2) is 0 Å². The Kier molecular flexibility index (Phi) is 3.01. The van der Waals surface area contributed by atoms with Crippen molar-refractivity contribution in [1.29, 1.82) is 0 Å². The van der Waals surface area contributed by atoms with Gasteiger partial charge in [0.1, 0.15) is 5.69 Å². The van der Waals surface area contributed by atoms with E-state index in [-0.39, 0.29) is 23.7 Å². The fourth-order valence-corrected chi connectivity index (χ4v) is 1.90. The van der Waals surface area contributed by atoms with Crippen LogP contribution in [0.15, 0.2) is 23.1 Å². The average molecular weight is 222 g/mol. The Balaban J connectivity index is 2.24. The molecule has 0 saturated heterocycles. The maximum atomic E-state index is 12.1. The highest BCUT2D eigenvalue weighted by Crippen LogP contribution is 2.37. The number of methoxy groups -OCH3 is 1. The minimum absolute atomic E-state index is 0.0424. The molecule has 0 unspecified atom stereocenters. The molecule has 4 heteroatoms. The van der Waals surface area contributed by atoms with E-state index in [4.69, 9.17) is 4.74 Å². The molecule has 2 atom stereocenters. The zero-order chi connectivity index (χ0) is 11.7. The molecule has 1 aliphatic rings. The van der Waals surface area contributed by atoms with Gasteiger partial charge in [-0.05, 0) is 32.4 Å². The van der Waals surface area contributed by atoms with Gasteiger partial charge in [0, 0.05) is 19.3 Å². The van der Waals surface area contributed by atoms with Gasteiger partial charge >= 0.3 is 0 Å². The largest absolute Gasteiger partial charge is 0.379 e. The maximum Gasteiger partial charge on any atom is 0.274 e. The van der Waals surface area contributed by atoms with Crippen molar-refractivity contribution < 1.29 is 4.74 Å². The Hall–Kier alpha value is -1.29. The average Bonchev–Trinajstić information content (AvgIpc) is 2.99. The highest BCUT2D eigenvalue weighted by molar-refractivity contribution is 5.41. The molecule has 1 aromatic rings. The molecule has 0 bridgehead atoms. The van der Waals surface area contributed by atoms with Crippen LogP contribution >= 0.6 is 0 Å². The summed E-state index contributed by atoms with van der Waals surface area (Å²) in [7, 11) is 1.69. The molecule has 1 heterocycles. The third-order valence-electron chi connectivity index (χ3n) is 2.78. The Labute approximate surface area is 95.2 Å². The summed E-state index contributed by atoms with van der Waals surface area (Å²) in [4.78, 5) is 12.1. The predicted octanol–water partition coefficient (Wildman–Crippen LogP) is 1.63. The number of nitrogens with zero attached hydrogens (tertiary/aromatic N) is 1. The van der Waals surface area contributed by atoms with Gasteiger partial charge in [0.05, 0.1) is 12.1 Å². The molecule has 88 valence electrons. The molecule has 2 rings (SSSR count). The fourth-order valence-electron chi connectivity index (χ4n) is 1.90. The van der Waals surface area contributed by atoms with Crippen molar-refractivity contribution in [3.8, 4) is 0 Å². The van der Waals surface area contributed by atoms with Crippen LogP contribution in [-0.4, -0.2) is 23.8 Å². The van der Waals surface area contributed by atoms with Gasteiger partial charge in [-0.1, -0.05) is 0 Å². The number of rotatable bonds is 4. The molecule has 1 aliphatic carbocycles. The molecule has 1 N–H and O–H groups in total. The summed E-state index contributed by atoms with van der Waals surface area (Å²) in [5.41, 5.74) is 0.708. The van der Waals surface area contributed by atoms with Crippen LogP contribution < -0.4 is 10.9 Å². The Morgan fingerprint density at radius 2 is 2.31 bits per heavy atom. The van der Waals surface area contributed by atoms with Crippen LogP contribution in [0.2, 0.25) is 0 Å². The molecule has 0 aliphatic heterocycles. The lowest BCUT2D eigenvalue weighted by atomic mass is 10.3. The van der Waals surface area contributed by atoms with Crippen molar-refractivity contribution >= 4 is 5.69 Å². The smallest absolute Gasteiger partial charge is 0.274 e. The van der Waals surface area contributed by atoms with E-state index in [0.717, 1.165) is 6.42 Å². The van der Waals surface area contributed by atoms with E-state index in [2.05, 4.69) is 5.32 Å². The van der Waals surface area contributed by atoms with E-state index in [1.807, 2.05) is 32.2 Å². The highest BCUT2D eigenvalue weighted by atomic mass is 16.5. The van der Waals surface area contributed by atoms with E-state index in [1.165, 1.54) is 0 Å². The minimum Gasteiger partial charge on any atom is -0.379 e. The molecule has 1 saturated carbocycles. The number of nitrogens with one attached hydrogen (secondary N) is 1. The number of anilines is 1. The van der Waals surface area contributed by atoms with Crippen molar-refractivity contribution in [2.75, 3.05) is 12.4 Å². The maximum absolute atomic E-state index is 12.1. The molecule has 0 amide bonds. The highest BCUT2D eigenvalue weighted by Gasteiger charge is 2.39. The number of hydrogen-bond acceptors (Lipinski definition) is 3. The van der Waals surface area contributed by atoms with Gasteiger partial charge < -0.3 is 14.6 Å². The molecule has 0 spiro atoms. The van der Waals surface area contributed by atoms with Crippen LogP contribution in [0, 0.1) is 0 Å². The van der Waals surface area contributed by atoms with Crippen molar-refractivity contribution in [3.63, 3.8) is 0 Å². The number of ether oxygens (including phenoxy) is 1. The Morgan fingerprint density at radius 3 is 2.88 bits per heavy atom. The van der Waals surface area contributed by atoms with Crippen LogP contribution in [0.1, 0.15) is 26.3 Å². The second-order valence-corrected chi connectivity index (χ2v) is 4.51. The summed E-state index contributed by atoms with van der Waals surface area (Å²) in [5, 5.41) is 3.15. The first kappa shape index (κ1) is 11.2. The van der Waals surface area contributed by atoms with Crippen LogP contribution in [-0.2, 0) is 4.74 Å². The van der Waals surface area contributed by atoms with Gasteiger partial charge in [-0.2, -0.15) is 0 Å². The number of aromatic nitrogens is 1. The zero-order valence-electron chi connectivity index (χ0n) is 9.93. The van der Waals surface area contributed by atoms with Gasteiger partial charge in [0.15, 0.2) is 0 Å². The van der Waals surface area contributed by atoms with Crippen LogP contribution in [0.5, 0.6) is 0 Å². The third kappa shape index (κ3) is 2.11. The third-order valence-corrected chi connectivity index (χ3v) is 2.78. The summed E-state index contributed by atoms with van der Waals surface area (Å²) < 4.78 is 6.99. The van der Waals surface area contributed by atoms with Crippen LogP contribution in [0.3, 0.4) is 0 Å². The van der Waals surface area contributed by atoms with Crippen molar-refractivity contribution in [1.82, 2.24) is 4.57 Å². The molecule has 4 nitrogen and oxygen atoms in total. The van der Waals surface area contributed by atoms with E-state index in [1.54, 1.807) is 11.7 Å². The minimum atomic E-state index is 0.0424. The normalized spacial score (nSPS) is 23.5. The molecular formula is C12H18N2O2. The second kappa shape index (κ2) is 4.29. The fraction of sp³-hybridized carbons (Fsp3) is 0.583. The van der Waals surface area contributed by atoms with Crippen LogP contribution in [0.25, 0.3) is 0 Å². The molecular weight excluding hydrogens is 204 g/mol. The summed E-state index contributed by atoms with van der Waals surface area (Å²) >= 11 is 0. The molecule has 16 heavy (non-hydrogen) atoms. The number of hydrogen-bond donors (Lipinski definition) is 1. The lowest BCUT2D eigenvalue weighted by molar-refractivity contribution is 0.169. The molecule has 0 radical (unpaired) electrons. The van der Waals surface area contributed by atoms with E-state index >= 15 is 0 Å². The lowest BCUT2D eigenvalue weighted by Gasteiger charge is -2.11. The van der Waals surface area contributed by atoms with E-state index < -0.39 is 0 Å². The van der Waals surface area contributed by atoms with Gasteiger partial charge in [0.25, 0.3) is 5.56 Å². The SMILES string of the molecule is CO[C@H]1C[C@@H]1n1cccc(NC(C)C)c1=O. The first-order chi connectivity index (χ1) is 7.63. The quantitative estimate of drug-likeness (QED) is 0.842. The van der Waals surface area contributed by atoms with Gasteiger partial charge in [-0.15, -0.1) is 0 Å². The van der Waals surface area contributed by atoms with Gasteiger partial charge in [-0.3, -0.25) is 4.79 Å². The predicted molar refractivity (Wildman–Crippen MR) is 63.9 cm³/mol. The summed E-state index contributed by atoms with van der Waals surface area (Å²) in [6.45, 7) is 4.04. The van der Waals surface area contributed by atoms with Crippen LogP contribution in [0.4, 0.5) is 5.69 Å². The Bertz CT molecular complexity index is 425. The number of pyridine rings is 1. The lowest BCUT2D eigenvalue weighted by Crippen LogP contribution is -2.25. The first-order valence-corrected chi connectivity index (χ1v) is 5.64. The Morgan fingerprint density at radius 1 is 1.56 bits per heavy atom. The molecule has 1 fully saturated rings. The van der Waals surface area contributed by atoms with Gasteiger partial charge in [0.2, 0.25) is 0 Å². The second-order valence-electron chi connectivity index (χ2n) is 4.51. The monoisotopic (exact) mass is 222 g/mol. The first-order valence-electron chi connectivity index (χ1n) is 5.64. The summed E-state index contributed by atoms with van der Waals surface area (Å²) in [6.07, 6.45) is 2.96. The molecule has 0 aromatic carbocycles. The standard InChI is InChI=1S/C12H18N2O2/c1-8(2)13-9-5-4-6-14(12(9)15)10-7-11(10)16-3/h4-6,8,10-11,13H,7H2,1-3H3/t10-,11-/m0/s1. The van der Waals surface area contributed by atoms with Crippen molar-refractivity contribution in [3.05, 3.63) is 28.7 Å². The zero-order valence-corrected chi connectivity index (χ0v) is 9.93. The van der Waals surface area contributed by atoms with Crippen molar-refractivity contribution in [2.24, 2.45) is 0 Å². The van der Waals surface area contributed by atoms with E-state index in [0.29, 0.717) is 5.69 Å². The molecule has 1 aromatic heterocycles. The van der Waals surface area contributed by atoms with Crippen molar-refractivity contribution in [2.45, 2.75) is 38.5 Å². The summed E-state index contributed by atoms with van der Waals surface area (Å²) in [5.74, 6) is 0. The topological polar surface area (TPSA) is 43.3 Å². The summed E-state index contributed by atoms with van der Waals surface area (Å²) in [6, 6.07) is 4.20. The van der Waals surface area contributed by atoms with E-state index in [9.17, 15) is 4.79 Å².